The molecule has 8 heteroatoms. The van der Waals surface area contributed by atoms with Crippen LogP contribution in [0.25, 0.3) is 0 Å². The smallest absolute Gasteiger partial charge is 0.265 e. The van der Waals surface area contributed by atoms with E-state index in [2.05, 4.69) is 20.7 Å². The van der Waals surface area contributed by atoms with Crippen LogP contribution in [0.2, 0.25) is 0 Å². The van der Waals surface area contributed by atoms with Gasteiger partial charge < -0.3 is 9.52 Å². The first-order valence-corrected chi connectivity index (χ1v) is 7.79. The predicted octanol–water partition coefficient (Wildman–Crippen LogP) is 2.78. The molecular weight excluding hydrogens is 353 g/mol. The molecule has 0 fully saturated rings. The molecule has 2 N–H and O–H groups in total. The van der Waals surface area contributed by atoms with Crippen molar-refractivity contribution in [3.05, 3.63) is 46.1 Å². The molecule has 0 amide bonds. The number of aliphatic hydroxyl groups excluding tert-OH is 1. The molecule has 0 aliphatic heterocycles. The highest BCUT2D eigenvalue weighted by molar-refractivity contribution is 9.10. The number of aryl methyl sites for hydroxylation is 1. The molecule has 1 heterocycles. The lowest BCUT2D eigenvalue weighted by atomic mass is 10.3. The van der Waals surface area contributed by atoms with Gasteiger partial charge in [-0.1, -0.05) is 0 Å². The Balaban J connectivity index is 2.35. The van der Waals surface area contributed by atoms with E-state index in [9.17, 15) is 12.8 Å². The van der Waals surface area contributed by atoms with Gasteiger partial charge in [0.2, 0.25) is 0 Å². The molecule has 2 aromatic rings. The Kier molecular flexibility index (Phi) is 4.17. The molecule has 0 atom stereocenters. The van der Waals surface area contributed by atoms with E-state index >= 15 is 0 Å². The van der Waals surface area contributed by atoms with Crippen LogP contribution in [0.15, 0.2) is 38.1 Å². The monoisotopic (exact) mass is 363 g/mol. The summed E-state index contributed by atoms with van der Waals surface area (Å²) in [7, 11) is -3.90. The number of sulfonamides is 1. The van der Waals surface area contributed by atoms with Crippen molar-refractivity contribution in [1.29, 1.82) is 0 Å². The van der Waals surface area contributed by atoms with Gasteiger partial charge in [0.15, 0.2) is 0 Å². The highest BCUT2D eigenvalue weighted by Gasteiger charge is 2.21. The molecule has 20 heavy (non-hydrogen) atoms. The third-order valence-electron chi connectivity index (χ3n) is 2.54. The topological polar surface area (TPSA) is 79.5 Å². The van der Waals surface area contributed by atoms with Gasteiger partial charge in [-0.05, 0) is 41.1 Å². The van der Waals surface area contributed by atoms with Crippen molar-refractivity contribution in [2.75, 3.05) is 4.72 Å². The lowest BCUT2D eigenvalue weighted by Gasteiger charge is -2.07. The lowest BCUT2D eigenvalue weighted by molar-refractivity contribution is 0.245. The largest absolute Gasteiger partial charge is 0.462 e. The Morgan fingerprint density at radius 2 is 2.10 bits per heavy atom. The minimum atomic E-state index is -3.90. The van der Waals surface area contributed by atoms with Gasteiger partial charge >= 0.3 is 0 Å². The third-order valence-corrected chi connectivity index (χ3v) is 4.67. The average Bonchev–Trinajstić information content (AvgIpc) is 2.76. The van der Waals surface area contributed by atoms with Gasteiger partial charge in [0.25, 0.3) is 10.0 Å². The zero-order valence-corrected chi connectivity index (χ0v) is 12.8. The zero-order chi connectivity index (χ0) is 14.9. The molecule has 0 saturated carbocycles. The van der Waals surface area contributed by atoms with E-state index in [1.165, 1.54) is 25.1 Å². The van der Waals surface area contributed by atoms with Crippen LogP contribution in [0, 0.1) is 12.7 Å². The summed E-state index contributed by atoms with van der Waals surface area (Å²) in [6, 6.07) is 5.11. The molecule has 2 rings (SSSR count). The van der Waals surface area contributed by atoms with E-state index in [0.29, 0.717) is 0 Å². The highest BCUT2D eigenvalue weighted by Crippen LogP contribution is 2.25. The second kappa shape index (κ2) is 5.55. The van der Waals surface area contributed by atoms with Crippen molar-refractivity contribution in [3.8, 4) is 0 Å². The molecule has 0 aliphatic carbocycles. The normalized spacial score (nSPS) is 11.6. The molecule has 0 saturated heterocycles. The van der Waals surface area contributed by atoms with Crippen molar-refractivity contribution in [3.63, 3.8) is 0 Å². The van der Waals surface area contributed by atoms with Crippen molar-refractivity contribution >= 4 is 31.6 Å². The molecule has 0 radical (unpaired) electrons. The first kappa shape index (κ1) is 15.0. The van der Waals surface area contributed by atoms with Crippen LogP contribution in [0.5, 0.6) is 0 Å². The Labute approximate surface area is 123 Å². The number of benzene rings is 1. The van der Waals surface area contributed by atoms with Gasteiger partial charge in [0.1, 0.15) is 28.8 Å². The number of hydrogen-bond donors (Lipinski definition) is 2. The van der Waals surface area contributed by atoms with E-state index in [4.69, 9.17) is 9.52 Å². The molecule has 0 spiro atoms. The van der Waals surface area contributed by atoms with Crippen molar-refractivity contribution in [2.24, 2.45) is 0 Å². The summed E-state index contributed by atoms with van der Waals surface area (Å²) in [6.45, 7) is 1.07. The van der Waals surface area contributed by atoms with Gasteiger partial charge in [-0.15, -0.1) is 0 Å². The van der Waals surface area contributed by atoms with Crippen LogP contribution in [0.3, 0.4) is 0 Å². The van der Waals surface area contributed by atoms with Crippen molar-refractivity contribution in [2.45, 2.75) is 18.4 Å². The van der Waals surface area contributed by atoms with Crippen LogP contribution in [-0.2, 0) is 16.6 Å². The molecule has 1 aromatic heterocycles. The quantitative estimate of drug-likeness (QED) is 0.875. The number of furan rings is 1. The summed E-state index contributed by atoms with van der Waals surface area (Å²) in [5, 5.41) is 8.93. The number of halogens is 2. The fraction of sp³-hybridized carbons (Fsp3) is 0.167. The maximum atomic E-state index is 13.4. The third kappa shape index (κ3) is 3.02. The second-order valence-electron chi connectivity index (χ2n) is 4.03. The number of hydrogen-bond acceptors (Lipinski definition) is 4. The van der Waals surface area contributed by atoms with Crippen molar-refractivity contribution in [1.82, 2.24) is 0 Å². The van der Waals surface area contributed by atoms with Crippen LogP contribution >= 0.6 is 15.9 Å². The van der Waals surface area contributed by atoms with Gasteiger partial charge in [0, 0.05) is 6.07 Å². The predicted molar refractivity (Wildman–Crippen MR) is 74.3 cm³/mol. The Morgan fingerprint density at radius 3 is 2.65 bits per heavy atom. The summed E-state index contributed by atoms with van der Waals surface area (Å²) in [5.41, 5.74) is 0.0943. The lowest BCUT2D eigenvalue weighted by Crippen LogP contribution is -2.13. The fourth-order valence-electron chi connectivity index (χ4n) is 1.64. The standard InChI is InChI=1S/C12H11BrFNO4S/c1-7-12(5-9(6-16)19-7)20(17,18)15-8-2-3-10(13)11(14)4-8/h2-5,15-16H,6H2,1H3. The summed E-state index contributed by atoms with van der Waals surface area (Å²) < 4.78 is 45.3. The Bertz CT molecular complexity index is 742. The number of nitrogens with one attached hydrogen (secondary N) is 1. The molecular formula is C12H11BrFNO4S. The zero-order valence-electron chi connectivity index (χ0n) is 10.4. The van der Waals surface area contributed by atoms with Gasteiger partial charge in [-0.2, -0.15) is 0 Å². The molecule has 5 nitrogen and oxygen atoms in total. The van der Waals surface area contributed by atoms with E-state index in [1.54, 1.807) is 0 Å². The summed E-state index contributed by atoms with van der Waals surface area (Å²) >= 11 is 2.98. The summed E-state index contributed by atoms with van der Waals surface area (Å²) in [5.74, 6) is -0.283. The van der Waals surface area contributed by atoms with E-state index < -0.39 is 22.4 Å². The van der Waals surface area contributed by atoms with Gasteiger partial charge in [0.05, 0.1) is 10.2 Å². The minimum absolute atomic E-state index is 0.0927. The Morgan fingerprint density at radius 1 is 1.40 bits per heavy atom. The maximum absolute atomic E-state index is 13.4. The van der Waals surface area contributed by atoms with E-state index in [1.807, 2.05) is 0 Å². The van der Waals surface area contributed by atoms with Crippen LogP contribution in [-0.4, -0.2) is 13.5 Å². The van der Waals surface area contributed by atoms with Gasteiger partial charge in [-0.25, -0.2) is 12.8 Å². The molecule has 0 bridgehead atoms. The molecule has 108 valence electrons. The van der Waals surface area contributed by atoms with E-state index in [0.717, 1.165) is 6.07 Å². The van der Waals surface area contributed by atoms with Crippen molar-refractivity contribution < 1.29 is 22.3 Å². The molecule has 0 aliphatic rings. The van der Waals surface area contributed by atoms with Crippen LogP contribution in [0.1, 0.15) is 11.5 Å². The molecule has 0 unspecified atom stereocenters. The molecule has 1 aromatic carbocycles. The fourth-order valence-corrected chi connectivity index (χ4v) is 3.14. The number of rotatable bonds is 4. The number of aliphatic hydroxyl groups is 1. The van der Waals surface area contributed by atoms with Crippen LogP contribution in [0.4, 0.5) is 10.1 Å². The first-order valence-electron chi connectivity index (χ1n) is 5.51. The average molecular weight is 364 g/mol. The van der Waals surface area contributed by atoms with E-state index in [-0.39, 0.29) is 26.6 Å². The van der Waals surface area contributed by atoms with Crippen LogP contribution < -0.4 is 4.72 Å². The number of anilines is 1. The van der Waals surface area contributed by atoms with Gasteiger partial charge in [-0.3, -0.25) is 4.72 Å². The summed E-state index contributed by atoms with van der Waals surface area (Å²) in [4.78, 5) is -0.0927. The minimum Gasteiger partial charge on any atom is -0.462 e. The Hall–Kier alpha value is -1.38. The second-order valence-corrected chi connectivity index (χ2v) is 6.53. The maximum Gasteiger partial charge on any atom is 0.265 e. The highest BCUT2D eigenvalue weighted by atomic mass is 79.9. The summed E-state index contributed by atoms with van der Waals surface area (Å²) in [6.07, 6.45) is 0. The first-order chi connectivity index (χ1) is 9.33. The SMILES string of the molecule is Cc1oc(CO)cc1S(=O)(=O)Nc1ccc(Br)c(F)c1.